The minimum Gasteiger partial charge on any atom is -0.309 e. The maximum atomic E-state index is 6.88. The minimum absolute atomic E-state index is 1.22. The fraction of sp³-hybridized carbons (Fsp3) is 0.182. The molecule has 0 heterocycles. The molecule has 0 atom stereocenters. The Morgan fingerprint density at radius 3 is 2.25 bits per heavy atom. The van der Waals surface area contributed by atoms with Crippen molar-refractivity contribution in [2.45, 2.75) is 13.8 Å². The van der Waals surface area contributed by atoms with E-state index in [0.717, 1.165) is 0 Å². The molecule has 0 aliphatic carbocycles. The van der Waals surface area contributed by atoms with E-state index < -0.39 is 0 Å². The predicted octanol–water partition coefficient (Wildman–Crippen LogP) is 2.97. The van der Waals surface area contributed by atoms with E-state index in [1.54, 1.807) is 6.08 Å². The lowest BCUT2D eigenvalue weighted by Gasteiger charge is -2.02. The van der Waals surface area contributed by atoms with Crippen molar-refractivity contribution in [3.63, 3.8) is 0 Å². The SMILES string of the molecule is Cc1cccc(C)c1/C=C\C=N. The van der Waals surface area contributed by atoms with Crippen LogP contribution in [0.4, 0.5) is 0 Å². The third-order valence-corrected chi connectivity index (χ3v) is 1.90. The van der Waals surface area contributed by atoms with Gasteiger partial charge in [0.2, 0.25) is 0 Å². The van der Waals surface area contributed by atoms with Gasteiger partial charge < -0.3 is 5.41 Å². The first-order chi connectivity index (χ1) is 5.75. The molecule has 0 saturated heterocycles. The Hall–Kier alpha value is -1.37. The zero-order valence-electron chi connectivity index (χ0n) is 7.46. The van der Waals surface area contributed by atoms with E-state index in [1.807, 2.05) is 12.1 Å². The van der Waals surface area contributed by atoms with Crippen molar-refractivity contribution >= 4 is 12.3 Å². The van der Waals surface area contributed by atoms with Crippen LogP contribution < -0.4 is 0 Å². The molecule has 1 aromatic carbocycles. The molecular weight excluding hydrogens is 146 g/mol. The molecule has 0 spiro atoms. The van der Waals surface area contributed by atoms with Gasteiger partial charge in [-0.25, -0.2) is 0 Å². The Balaban J connectivity index is 3.12. The summed E-state index contributed by atoms with van der Waals surface area (Å²) in [7, 11) is 0. The maximum Gasteiger partial charge on any atom is 0.0177 e. The highest BCUT2D eigenvalue weighted by molar-refractivity contribution is 5.77. The van der Waals surface area contributed by atoms with Crippen molar-refractivity contribution in [3.05, 3.63) is 41.0 Å². The Morgan fingerprint density at radius 1 is 1.17 bits per heavy atom. The van der Waals surface area contributed by atoms with Crippen molar-refractivity contribution in [3.8, 4) is 0 Å². The molecule has 62 valence electrons. The van der Waals surface area contributed by atoms with Crippen molar-refractivity contribution in [1.29, 1.82) is 5.41 Å². The lowest BCUT2D eigenvalue weighted by Crippen LogP contribution is -1.84. The summed E-state index contributed by atoms with van der Waals surface area (Å²) in [6.07, 6.45) is 5.01. The Labute approximate surface area is 73.3 Å². The summed E-state index contributed by atoms with van der Waals surface area (Å²) in [4.78, 5) is 0. The van der Waals surface area contributed by atoms with Gasteiger partial charge in [0.05, 0.1) is 0 Å². The van der Waals surface area contributed by atoms with Gasteiger partial charge in [0, 0.05) is 6.21 Å². The van der Waals surface area contributed by atoms with E-state index >= 15 is 0 Å². The lowest BCUT2D eigenvalue weighted by atomic mass is 10.0. The molecular formula is C11H13N. The molecule has 0 unspecified atom stereocenters. The summed E-state index contributed by atoms with van der Waals surface area (Å²) in [6.45, 7) is 4.16. The lowest BCUT2D eigenvalue weighted by molar-refractivity contribution is 1.36. The number of nitrogens with one attached hydrogen (secondary N) is 1. The third-order valence-electron chi connectivity index (χ3n) is 1.90. The molecule has 0 saturated carbocycles. The number of hydrogen-bond donors (Lipinski definition) is 1. The smallest absolute Gasteiger partial charge is 0.0177 e. The zero-order chi connectivity index (χ0) is 8.97. The molecule has 0 fully saturated rings. The van der Waals surface area contributed by atoms with E-state index in [-0.39, 0.29) is 0 Å². The van der Waals surface area contributed by atoms with Gasteiger partial charge in [0.15, 0.2) is 0 Å². The molecule has 1 rings (SSSR count). The molecule has 0 bridgehead atoms. The molecule has 0 aliphatic heterocycles. The zero-order valence-corrected chi connectivity index (χ0v) is 7.46. The number of hydrogen-bond acceptors (Lipinski definition) is 1. The maximum absolute atomic E-state index is 6.88. The number of rotatable bonds is 2. The van der Waals surface area contributed by atoms with Gasteiger partial charge in [-0.1, -0.05) is 24.3 Å². The van der Waals surface area contributed by atoms with Crippen molar-refractivity contribution < 1.29 is 0 Å². The van der Waals surface area contributed by atoms with Gasteiger partial charge in [0.1, 0.15) is 0 Å². The molecule has 0 radical (unpaired) electrons. The van der Waals surface area contributed by atoms with E-state index in [2.05, 4.69) is 26.0 Å². The highest BCUT2D eigenvalue weighted by Gasteiger charge is 1.95. The van der Waals surface area contributed by atoms with Crippen molar-refractivity contribution in [2.75, 3.05) is 0 Å². The van der Waals surface area contributed by atoms with Gasteiger partial charge in [0.25, 0.3) is 0 Å². The first kappa shape index (κ1) is 8.72. The van der Waals surface area contributed by atoms with Crippen LogP contribution in [0.5, 0.6) is 0 Å². The average molecular weight is 159 g/mol. The van der Waals surface area contributed by atoms with Crippen LogP contribution in [0, 0.1) is 19.3 Å². The summed E-state index contributed by atoms with van der Waals surface area (Å²) in [5, 5.41) is 6.88. The van der Waals surface area contributed by atoms with Gasteiger partial charge in [-0.05, 0) is 36.6 Å². The Bertz CT molecular complexity index is 291. The molecule has 12 heavy (non-hydrogen) atoms. The summed E-state index contributed by atoms with van der Waals surface area (Å²) in [5.74, 6) is 0. The van der Waals surface area contributed by atoms with E-state index in [0.29, 0.717) is 0 Å². The van der Waals surface area contributed by atoms with Crippen LogP contribution in [0.2, 0.25) is 0 Å². The topological polar surface area (TPSA) is 23.9 Å². The normalized spacial score (nSPS) is 10.5. The monoisotopic (exact) mass is 159 g/mol. The summed E-state index contributed by atoms with van der Waals surface area (Å²) in [6, 6.07) is 6.21. The van der Waals surface area contributed by atoms with Gasteiger partial charge >= 0.3 is 0 Å². The average Bonchev–Trinajstić information content (AvgIpc) is 2.04. The Kier molecular flexibility index (Phi) is 2.81. The van der Waals surface area contributed by atoms with Crippen LogP contribution in [-0.2, 0) is 0 Å². The first-order valence-electron chi connectivity index (χ1n) is 3.99. The molecule has 1 heteroatoms. The number of aryl methyl sites for hydroxylation is 2. The fourth-order valence-electron chi connectivity index (χ4n) is 1.23. The van der Waals surface area contributed by atoms with Crippen LogP contribution >= 0.6 is 0 Å². The summed E-state index contributed by atoms with van der Waals surface area (Å²) in [5.41, 5.74) is 3.74. The number of benzene rings is 1. The van der Waals surface area contributed by atoms with Crippen LogP contribution in [0.3, 0.4) is 0 Å². The van der Waals surface area contributed by atoms with Crippen LogP contribution in [0.25, 0.3) is 6.08 Å². The van der Waals surface area contributed by atoms with Gasteiger partial charge in [-0.3, -0.25) is 0 Å². The highest BCUT2D eigenvalue weighted by Crippen LogP contribution is 2.14. The molecule has 1 nitrogen and oxygen atoms in total. The summed E-state index contributed by atoms with van der Waals surface area (Å²) >= 11 is 0. The molecule has 1 N–H and O–H groups in total. The van der Waals surface area contributed by atoms with Gasteiger partial charge in [-0.15, -0.1) is 0 Å². The fourth-order valence-corrected chi connectivity index (χ4v) is 1.23. The highest BCUT2D eigenvalue weighted by atomic mass is 14.3. The second-order valence-electron chi connectivity index (χ2n) is 2.83. The van der Waals surface area contributed by atoms with Crippen molar-refractivity contribution in [1.82, 2.24) is 0 Å². The predicted molar refractivity (Wildman–Crippen MR) is 53.7 cm³/mol. The van der Waals surface area contributed by atoms with Crippen LogP contribution in [0.15, 0.2) is 24.3 Å². The first-order valence-corrected chi connectivity index (χ1v) is 3.99. The van der Waals surface area contributed by atoms with Crippen LogP contribution in [-0.4, -0.2) is 6.21 Å². The van der Waals surface area contributed by atoms with E-state index in [4.69, 9.17) is 5.41 Å². The Morgan fingerprint density at radius 2 is 1.75 bits per heavy atom. The number of allylic oxidation sites excluding steroid dienone is 1. The standard InChI is InChI=1S/C11H13N/c1-9-5-3-6-10(2)11(9)7-4-8-12/h3-8,12H,1-2H3/b7-4-,12-8?. The van der Waals surface area contributed by atoms with E-state index in [9.17, 15) is 0 Å². The van der Waals surface area contributed by atoms with E-state index in [1.165, 1.54) is 22.9 Å². The second kappa shape index (κ2) is 3.86. The van der Waals surface area contributed by atoms with Crippen LogP contribution in [0.1, 0.15) is 16.7 Å². The molecule has 0 aromatic heterocycles. The quantitative estimate of drug-likeness (QED) is 0.641. The third kappa shape index (κ3) is 1.82. The summed E-state index contributed by atoms with van der Waals surface area (Å²) < 4.78 is 0. The molecule has 0 aliphatic rings. The van der Waals surface area contributed by atoms with Crippen molar-refractivity contribution in [2.24, 2.45) is 0 Å². The molecule has 1 aromatic rings. The largest absolute Gasteiger partial charge is 0.309 e. The minimum atomic E-state index is 1.22. The molecule has 0 amide bonds. The van der Waals surface area contributed by atoms with Gasteiger partial charge in [-0.2, -0.15) is 0 Å². The second-order valence-corrected chi connectivity index (χ2v) is 2.83.